The Balaban J connectivity index is 0.00000106. The summed E-state index contributed by atoms with van der Waals surface area (Å²) in [6.45, 7) is 11.2. The molecule has 0 heterocycles. The van der Waals surface area contributed by atoms with E-state index in [0.29, 0.717) is 6.61 Å². The zero-order valence-corrected chi connectivity index (χ0v) is 13.2. The third kappa shape index (κ3) is 6.66. The van der Waals surface area contributed by atoms with Crippen molar-refractivity contribution in [2.45, 2.75) is 33.9 Å². The molecule has 1 N–H and O–H groups in total. The summed E-state index contributed by atoms with van der Waals surface area (Å²) in [5.41, 5.74) is 3.33. The van der Waals surface area contributed by atoms with E-state index < -0.39 is 0 Å². The highest BCUT2D eigenvalue weighted by Gasteiger charge is 1.98. The van der Waals surface area contributed by atoms with Crippen molar-refractivity contribution in [2.24, 2.45) is 0 Å². The minimum atomic E-state index is 0.595. The Hall–Kier alpha value is -2.22. The second-order valence-corrected chi connectivity index (χ2v) is 4.56. The van der Waals surface area contributed by atoms with Crippen molar-refractivity contribution >= 4 is 0 Å². The number of rotatable bonds is 6. The minimum absolute atomic E-state index is 0.595. The van der Waals surface area contributed by atoms with Crippen LogP contribution in [0.3, 0.4) is 0 Å². The summed E-state index contributed by atoms with van der Waals surface area (Å²) in [7, 11) is 0. The maximum atomic E-state index is 5.79. The predicted octanol–water partition coefficient (Wildman–Crippen LogP) is 4.92. The van der Waals surface area contributed by atoms with E-state index >= 15 is 0 Å². The number of allylic oxidation sites excluding steroid dienone is 1. The SMILES string of the molecule is C=C(C)NCc1cccc(OCc2ccccc2)c1.CC. The van der Waals surface area contributed by atoms with Crippen molar-refractivity contribution in [3.05, 3.63) is 78.0 Å². The van der Waals surface area contributed by atoms with E-state index in [1.54, 1.807) is 0 Å². The molecule has 0 aliphatic heterocycles. The molecule has 112 valence electrons. The molecule has 0 amide bonds. The molecule has 0 fully saturated rings. The number of hydrogen-bond donors (Lipinski definition) is 1. The maximum absolute atomic E-state index is 5.79. The summed E-state index contributed by atoms with van der Waals surface area (Å²) in [5, 5.41) is 3.21. The molecule has 0 saturated carbocycles. The summed E-state index contributed by atoms with van der Waals surface area (Å²) < 4.78 is 5.79. The molecule has 0 aliphatic carbocycles. The van der Waals surface area contributed by atoms with Crippen molar-refractivity contribution in [1.82, 2.24) is 5.32 Å². The normalized spacial score (nSPS) is 9.29. The van der Waals surface area contributed by atoms with Crippen LogP contribution in [0.15, 0.2) is 66.9 Å². The Kier molecular flexibility index (Phi) is 7.73. The average molecular weight is 283 g/mol. The Bertz CT molecular complexity index is 534. The van der Waals surface area contributed by atoms with Crippen LogP contribution in [0.5, 0.6) is 5.75 Å². The van der Waals surface area contributed by atoms with Gasteiger partial charge in [-0.05, 0) is 30.2 Å². The molecule has 0 saturated heterocycles. The van der Waals surface area contributed by atoms with Crippen molar-refractivity contribution in [2.75, 3.05) is 0 Å². The number of ether oxygens (including phenoxy) is 1. The van der Waals surface area contributed by atoms with Crippen molar-refractivity contribution in [3.63, 3.8) is 0 Å². The van der Waals surface area contributed by atoms with Crippen molar-refractivity contribution < 1.29 is 4.74 Å². The second kappa shape index (κ2) is 9.65. The first-order valence-corrected chi connectivity index (χ1v) is 7.39. The van der Waals surface area contributed by atoms with Crippen LogP contribution in [-0.4, -0.2) is 0 Å². The predicted molar refractivity (Wildman–Crippen MR) is 90.2 cm³/mol. The maximum Gasteiger partial charge on any atom is 0.120 e. The number of benzene rings is 2. The largest absolute Gasteiger partial charge is 0.489 e. The van der Waals surface area contributed by atoms with E-state index in [9.17, 15) is 0 Å². The van der Waals surface area contributed by atoms with Crippen molar-refractivity contribution in [3.8, 4) is 5.75 Å². The highest BCUT2D eigenvalue weighted by molar-refractivity contribution is 5.29. The van der Waals surface area contributed by atoms with E-state index in [-0.39, 0.29) is 0 Å². The Morgan fingerprint density at radius 3 is 2.33 bits per heavy atom. The average Bonchev–Trinajstić information content (AvgIpc) is 2.54. The van der Waals surface area contributed by atoms with Gasteiger partial charge in [0.2, 0.25) is 0 Å². The monoisotopic (exact) mass is 283 g/mol. The molecule has 0 aromatic heterocycles. The summed E-state index contributed by atoms with van der Waals surface area (Å²) in [4.78, 5) is 0. The van der Waals surface area contributed by atoms with Gasteiger partial charge in [-0.3, -0.25) is 0 Å². The molecule has 2 aromatic rings. The van der Waals surface area contributed by atoms with Crippen LogP contribution < -0.4 is 10.1 Å². The highest BCUT2D eigenvalue weighted by Crippen LogP contribution is 2.15. The van der Waals surface area contributed by atoms with E-state index in [1.807, 2.05) is 51.1 Å². The molecular formula is C19H25NO. The fourth-order valence-corrected chi connectivity index (χ4v) is 1.74. The van der Waals surface area contributed by atoms with E-state index in [2.05, 4.69) is 36.2 Å². The highest BCUT2D eigenvalue weighted by atomic mass is 16.5. The molecule has 2 rings (SSSR count). The van der Waals surface area contributed by atoms with Crippen LogP contribution in [0.4, 0.5) is 0 Å². The standard InChI is InChI=1S/C17H19NO.C2H6/c1-14(2)18-12-16-9-6-10-17(11-16)19-13-15-7-4-3-5-8-15;1-2/h3-11,18H,1,12-13H2,2H3;1-2H3. The Morgan fingerprint density at radius 2 is 1.67 bits per heavy atom. The molecular weight excluding hydrogens is 258 g/mol. The summed E-state index contributed by atoms with van der Waals surface area (Å²) in [6, 6.07) is 18.3. The smallest absolute Gasteiger partial charge is 0.120 e. The van der Waals surface area contributed by atoms with Gasteiger partial charge < -0.3 is 10.1 Å². The third-order valence-corrected chi connectivity index (χ3v) is 2.74. The number of hydrogen-bond acceptors (Lipinski definition) is 2. The molecule has 0 atom stereocenters. The van der Waals surface area contributed by atoms with Gasteiger partial charge in [0.1, 0.15) is 12.4 Å². The molecule has 21 heavy (non-hydrogen) atoms. The number of nitrogens with one attached hydrogen (secondary N) is 1. The van der Waals surface area contributed by atoms with E-state index in [0.717, 1.165) is 18.0 Å². The molecule has 0 radical (unpaired) electrons. The van der Waals surface area contributed by atoms with Crippen LogP contribution in [0.25, 0.3) is 0 Å². The lowest BCUT2D eigenvalue weighted by atomic mass is 10.2. The molecule has 0 bridgehead atoms. The summed E-state index contributed by atoms with van der Waals surface area (Å²) >= 11 is 0. The zero-order valence-electron chi connectivity index (χ0n) is 13.2. The first kappa shape index (κ1) is 16.8. The topological polar surface area (TPSA) is 21.3 Å². The Labute approximate surface area is 128 Å². The second-order valence-electron chi connectivity index (χ2n) is 4.56. The fourth-order valence-electron chi connectivity index (χ4n) is 1.74. The molecule has 2 heteroatoms. The lowest BCUT2D eigenvalue weighted by Crippen LogP contribution is -2.09. The van der Waals surface area contributed by atoms with Gasteiger partial charge in [-0.15, -0.1) is 0 Å². The first-order chi connectivity index (χ1) is 10.2. The zero-order chi connectivity index (χ0) is 15.5. The summed E-state index contributed by atoms with van der Waals surface area (Å²) in [6.07, 6.45) is 0. The van der Waals surface area contributed by atoms with Crippen molar-refractivity contribution in [1.29, 1.82) is 0 Å². The summed E-state index contributed by atoms with van der Waals surface area (Å²) in [5.74, 6) is 0.893. The third-order valence-electron chi connectivity index (χ3n) is 2.74. The fraction of sp³-hybridized carbons (Fsp3) is 0.263. The van der Waals surface area contributed by atoms with E-state index in [1.165, 1.54) is 11.1 Å². The molecule has 0 spiro atoms. The van der Waals surface area contributed by atoms with Crippen LogP contribution in [-0.2, 0) is 13.2 Å². The minimum Gasteiger partial charge on any atom is -0.489 e. The molecule has 2 aromatic carbocycles. The van der Waals surface area contributed by atoms with Gasteiger partial charge >= 0.3 is 0 Å². The van der Waals surface area contributed by atoms with Crippen LogP contribution in [0.2, 0.25) is 0 Å². The molecule has 0 aliphatic rings. The lowest BCUT2D eigenvalue weighted by molar-refractivity contribution is 0.306. The van der Waals surface area contributed by atoms with Gasteiger partial charge in [0.25, 0.3) is 0 Å². The van der Waals surface area contributed by atoms with Crippen LogP contribution in [0, 0.1) is 0 Å². The first-order valence-electron chi connectivity index (χ1n) is 7.39. The Morgan fingerprint density at radius 1 is 1.00 bits per heavy atom. The lowest BCUT2D eigenvalue weighted by Gasteiger charge is -2.09. The van der Waals surface area contributed by atoms with Crippen LogP contribution in [0.1, 0.15) is 31.9 Å². The van der Waals surface area contributed by atoms with Crippen LogP contribution >= 0.6 is 0 Å². The molecule has 0 unspecified atom stereocenters. The van der Waals surface area contributed by atoms with Gasteiger partial charge in [-0.2, -0.15) is 0 Å². The van der Waals surface area contributed by atoms with Gasteiger partial charge in [0.15, 0.2) is 0 Å². The van der Waals surface area contributed by atoms with Gasteiger partial charge in [0, 0.05) is 12.2 Å². The van der Waals surface area contributed by atoms with Gasteiger partial charge in [0.05, 0.1) is 0 Å². The molecule has 2 nitrogen and oxygen atoms in total. The van der Waals surface area contributed by atoms with Gasteiger partial charge in [-0.1, -0.05) is 62.9 Å². The van der Waals surface area contributed by atoms with Gasteiger partial charge in [-0.25, -0.2) is 0 Å². The van der Waals surface area contributed by atoms with E-state index in [4.69, 9.17) is 4.74 Å². The quantitative estimate of drug-likeness (QED) is 0.813.